The molecule has 0 bridgehead atoms. The molecule has 0 atom stereocenters. The summed E-state index contributed by atoms with van der Waals surface area (Å²) in [6.07, 6.45) is 6.79. The molecule has 2 fully saturated rings. The van der Waals surface area contributed by atoms with Gasteiger partial charge in [-0.05, 0) is 103 Å². The quantitative estimate of drug-likeness (QED) is 0.127. The van der Waals surface area contributed by atoms with E-state index in [1.807, 2.05) is 32.9 Å². The number of carboxylic acids is 1. The van der Waals surface area contributed by atoms with Gasteiger partial charge in [0.15, 0.2) is 0 Å². The summed E-state index contributed by atoms with van der Waals surface area (Å²) in [7, 11) is -5.07. The van der Waals surface area contributed by atoms with E-state index in [9.17, 15) is 14.7 Å². The van der Waals surface area contributed by atoms with Crippen LogP contribution < -0.4 is 20.7 Å². The van der Waals surface area contributed by atoms with Crippen LogP contribution in [0.3, 0.4) is 0 Å². The molecular weight excluding hydrogens is 753 g/mol. The van der Waals surface area contributed by atoms with E-state index in [2.05, 4.69) is 151 Å². The molecule has 1 N–H and O–H groups in total. The normalized spacial score (nSPS) is 20.6. The molecule has 8 heteroatoms. The summed E-state index contributed by atoms with van der Waals surface area (Å²) in [4.78, 5) is 23.9. The largest absolute Gasteiger partial charge is 0.481 e. The number of aliphatic carboxylic acids is 1. The third kappa shape index (κ3) is 10.7. The van der Waals surface area contributed by atoms with Gasteiger partial charge in [0.05, 0.1) is 11.8 Å². The summed E-state index contributed by atoms with van der Waals surface area (Å²) in [6.45, 7) is 19.6. The van der Waals surface area contributed by atoms with Gasteiger partial charge in [0, 0.05) is 12.2 Å². The van der Waals surface area contributed by atoms with Gasteiger partial charge in [0.25, 0.3) is 16.6 Å². The first-order chi connectivity index (χ1) is 27.4. The van der Waals surface area contributed by atoms with Crippen molar-refractivity contribution in [3.05, 3.63) is 121 Å². The van der Waals surface area contributed by atoms with Crippen LogP contribution in [0.5, 0.6) is 0 Å². The van der Waals surface area contributed by atoms with Crippen molar-refractivity contribution in [1.29, 1.82) is 0 Å². The lowest BCUT2D eigenvalue weighted by atomic mass is 9.87. The lowest BCUT2D eigenvalue weighted by Crippen LogP contribution is -2.67. The summed E-state index contributed by atoms with van der Waals surface area (Å²) in [5.41, 5.74) is -0.431. The van der Waals surface area contributed by atoms with Gasteiger partial charge in [-0.3, -0.25) is 9.59 Å². The third-order valence-electron chi connectivity index (χ3n) is 12.0. The minimum atomic E-state index is -2.54. The maximum atomic E-state index is 12.6. The molecule has 4 aromatic rings. The van der Waals surface area contributed by atoms with Crippen LogP contribution in [-0.4, -0.2) is 51.5 Å². The second-order valence-corrected chi connectivity index (χ2v) is 27.9. The number of hydrogen-bond acceptors (Lipinski definition) is 5. The second-order valence-electron chi connectivity index (χ2n) is 19.4. The lowest BCUT2D eigenvalue weighted by Gasteiger charge is -2.46. The zero-order valence-electron chi connectivity index (χ0n) is 36.5. The Morgan fingerprint density at radius 2 is 0.741 bits per heavy atom. The van der Waals surface area contributed by atoms with Crippen molar-refractivity contribution in [2.24, 2.45) is 11.8 Å². The molecule has 58 heavy (non-hydrogen) atoms. The van der Waals surface area contributed by atoms with Gasteiger partial charge in [0.2, 0.25) is 0 Å². The Bertz CT molecular complexity index is 1790. The Morgan fingerprint density at radius 3 is 0.983 bits per heavy atom. The Labute approximate surface area is 351 Å². The van der Waals surface area contributed by atoms with Gasteiger partial charge >= 0.3 is 11.9 Å². The molecule has 312 valence electrons. The van der Waals surface area contributed by atoms with Crippen molar-refractivity contribution in [2.75, 3.05) is 0 Å². The van der Waals surface area contributed by atoms with Crippen LogP contribution in [-0.2, 0) is 23.2 Å². The van der Waals surface area contributed by atoms with Crippen molar-refractivity contribution >= 4 is 49.3 Å². The summed E-state index contributed by atoms with van der Waals surface area (Å²) < 4.78 is 20.0. The van der Waals surface area contributed by atoms with Crippen LogP contribution in [0.2, 0.25) is 10.1 Å². The van der Waals surface area contributed by atoms with E-state index in [4.69, 9.17) is 13.6 Å². The number of rotatable bonds is 10. The molecule has 2 aliphatic rings. The number of ether oxygens (including phenoxy) is 1. The molecule has 6 rings (SSSR count). The maximum absolute atomic E-state index is 12.6. The number of esters is 1. The minimum absolute atomic E-state index is 0.0155. The highest BCUT2D eigenvalue weighted by Crippen LogP contribution is 2.41. The number of carbonyl (C=O) groups is 2. The second kappa shape index (κ2) is 19.0. The number of carboxylic acid groups (broad SMARTS) is 1. The van der Waals surface area contributed by atoms with Crippen molar-refractivity contribution in [3.63, 3.8) is 0 Å². The SMILES string of the molecule is CC(C)(C)OC(=O)C1CCC(O[Si](c2ccccc2)(c2ccccc2)C(C)(C)C)CC1.CC(C)(C)[Si](OC1CCC(C(=O)O)CC1)(c1ccccc1)c1ccccc1. The smallest absolute Gasteiger partial charge is 0.309 e. The van der Waals surface area contributed by atoms with Crippen molar-refractivity contribution < 1.29 is 28.3 Å². The molecule has 2 saturated carbocycles. The van der Waals surface area contributed by atoms with E-state index in [0.717, 1.165) is 38.5 Å². The van der Waals surface area contributed by atoms with Crippen LogP contribution in [0.4, 0.5) is 0 Å². The maximum Gasteiger partial charge on any atom is 0.309 e. The Balaban J connectivity index is 0.000000223. The summed E-state index contributed by atoms with van der Waals surface area (Å²) in [5, 5.41) is 14.4. The highest BCUT2D eigenvalue weighted by Gasteiger charge is 2.53. The molecule has 6 nitrogen and oxygen atoms in total. The summed E-state index contributed by atoms with van der Waals surface area (Å²) in [5.74, 6) is -0.961. The molecule has 0 amide bonds. The molecule has 0 unspecified atom stereocenters. The fourth-order valence-electron chi connectivity index (χ4n) is 9.11. The predicted octanol–water partition coefficient (Wildman–Crippen LogP) is 9.67. The van der Waals surface area contributed by atoms with Gasteiger partial charge in [-0.1, -0.05) is 163 Å². The number of carbonyl (C=O) groups excluding carboxylic acids is 1. The average Bonchev–Trinajstić information content (AvgIpc) is 3.19. The highest BCUT2D eigenvalue weighted by atomic mass is 28.4. The van der Waals surface area contributed by atoms with E-state index in [-0.39, 0.29) is 40.1 Å². The Kier molecular flexibility index (Phi) is 14.9. The third-order valence-corrected chi connectivity index (χ3v) is 22.1. The standard InChI is InChI=1S/C27H38O3Si.C23H30O3Si/c1-26(2,3)29-25(28)21-17-19-22(20-18-21)30-31(27(4,5)6,23-13-9-7-10-14-23)24-15-11-8-12-16-24;1-23(2,3)27(20-10-6-4-7-11-20,21-12-8-5-9-13-21)26-19-16-14-18(15-17-19)22(24)25/h7-16,21-22H,17-20H2,1-6H3;4-13,18-19H,14-17H2,1-3H3,(H,24,25). The van der Waals surface area contributed by atoms with Crippen LogP contribution in [0, 0.1) is 11.8 Å². The first kappa shape index (κ1) is 45.3. The summed E-state index contributed by atoms with van der Waals surface area (Å²) >= 11 is 0. The fourth-order valence-corrected chi connectivity index (χ4v) is 18.6. The van der Waals surface area contributed by atoms with E-state index in [1.54, 1.807) is 0 Å². The Morgan fingerprint density at radius 1 is 0.466 bits per heavy atom. The lowest BCUT2D eigenvalue weighted by molar-refractivity contribution is -0.161. The van der Waals surface area contributed by atoms with Gasteiger partial charge in [-0.2, -0.15) is 0 Å². The summed E-state index contributed by atoms with van der Waals surface area (Å²) in [6, 6.07) is 42.8. The van der Waals surface area contributed by atoms with Crippen LogP contribution in [0.1, 0.15) is 114 Å². The molecule has 0 heterocycles. The molecule has 0 aromatic heterocycles. The van der Waals surface area contributed by atoms with E-state index in [0.29, 0.717) is 12.8 Å². The molecule has 0 radical (unpaired) electrons. The monoisotopic (exact) mass is 820 g/mol. The zero-order valence-corrected chi connectivity index (χ0v) is 38.5. The minimum Gasteiger partial charge on any atom is -0.481 e. The number of hydrogen-bond donors (Lipinski definition) is 1. The van der Waals surface area contributed by atoms with E-state index >= 15 is 0 Å². The van der Waals surface area contributed by atoms with Crippen molar-refractivity contribution in [3.8, 4) is 0 Å². The molecular formula is C50H68O6Si2. The Hall–Kier alpha value is -3.83. The molecule has 0 saturated heterocycles. The van der Waals surface area contributed by atoms with E-state index < -0.39 is 28.2 Å². The van der Waals surface area contributed by atoms with Crippen molar-refractivity contribution in [2.45, 2.75) is 142 Å². The molecule has 0 aliphatic heterocycles. The molecule has 4 aromatic carbocycles. The van der Waals surface area contributed by atoms with Crippen LogP contribution in [0.25, 0.3) is 0 Å². The molecule has 2 aliphatic carbocycles. The number of benzene rings is 4. The van der Waals surface area contributed by atoms with Crippen LogP contribution in [0.15, 0.2) is 121 Å². The topological polar surface area (TPSA) is 82.1 Å². The highest BCUT2D eigenvalue weighted by molar-refractivity contribution is 7.00. The predicted molar refractivity (Wildman–Crippen MR) is 242 cm³/mol. The van der Waals surface area contributed by atoms with Gasteiger partial charge in [-0.15, -0.1) is 0 Å². The van der Waals surface area contributed by atoms with Crippen molar-refractivity contribution in [1.82, 2.24) is 0 Å². The first-order valence-electron chi connectivity index (χ1n) is 21.4. The van der Waals surface area contributed by atoms with Gasteiger partial charge < -0.3 is 18.7 Å². The fraction of sp³-hybridized carbons (Fsp3) is 0.480. The van der Waals surface area contributed by atoms with E-state index in [1.165, 1.54) is 20.7 Å². The zero-order chi connectivity index (χ0) is 42.2. The van der Waals surface area contributed by atoms with Gasteiger partial charge in [0.1, 0.15) is 5.60 Å². The average molecular weight is 821 g/mol. The molecule has 0 spiro atoms. The van der Waals surface area contributed by atoms with Gasteiger partial charge in [-0.25, -0.2) is 0 Å². The first-order valence-corrected chi connectivity index (χ1v) is 25.2. The van der Waals surface area contributed by atoms with Crippen LogP contribution >= 0.6 is 0 Å².